The minimum atomic E-state index is -0.280. The molecular weight excluding hydrogens is 313 g/mol. The van der Waals surface area contributed by atoms with Gasteiger partial charge in [-0.25, -0.2) is 9.37 Å². The van der Waals surface area contributed by atoms with Gasteiger partial charge in [0.2, 0.25) is 5.91 Å². The molecule has 0 atom stereocenters. The van der Waals surface area contributed by atoms with E-state index in [1.807, 2.05) is 6.07 Å². The monoisotopic (exact) mass is 333 g/mol. The van der Waals surface area contributed by atoms with Crippen LogP contribution in [0.4, 0.5) is 9.52 Å². The van der Waals surface area contributed by atoms with E-state index < -0.39 is 0 Å². The number of para-hydroxylation sites is 1. The summed E-state index contributed by atoms with van der Waals surface area (Å²) in [4.78, 5) is 18.7. The third kappa shape index (κ3) is 2.92. The molecule has 1 aromatic carbocycles. The Bertz CT molecular complexity index is 720. The molecule has 1 aliphatic carbocycles. The number of halogens is 1. The molecule has 4 nitrogen and oxygen atoms in total. The van der Waals surface area contributed by atoms with Crippen LogP contribution in [-0.2, 0) is 4.79 Å². The summed E-state index contributed by atoms with van der Waals surface area (Å²) < 4.78 is 14.6. The average molecular weight is 333 g/mol. The zero-order valence-electron chi connectivity index (χ0n) is 12.9. The number of nitrogens with zero attached hydrogens (tertiary/aromatic N) is 2. The summed E-state index contributed by atoms with van der Waals surface area (Å²) in [6.45, 7) is 1.36. The minimum Gasteiger partial charge on any atom is -0.353 e. The molecule has 2 aliphatic rings. The summed E-state index contributed by atoms with van der Waals surface area (Å²) in [6, 6.07) is 5.38. The predicted molar refractivity (Wildman–Crippen MR) is 90.3 cm³/mol. The van der Waals surface area contributed by atoms with E-state index in [-0.39, 0.29) is 17.6 Å². The van der Waals surface area contributed by atoms with Crippen LogP contribution in [0.2, 0.25) is 0 Å². The van der Waals surface area contributed by atoms with Gasteiger partial charge < -0.3 is 10.2 Å². The fourth-order valence-corrected chi connectivity index (χ4v) is 4.40. The number of carbonyl (C=O) groups excluding carboxylic acids is 1. The van der Waals surface area contributed by atoms with Gasteiger partial charge in [0, 0.05) is 19.1 Å². The largest absolute Gasteiger partial charge is 0.353 e. The van der Waals surface area contributed by atoms with Crippen molar-refractivity contribution in [3.05, 3.63) is 24.0 Å². The van der Waals surface area contributed by atoms with E-state index in [0.29, 0.717) is 24.6 Å². The zero-order valence-corrected chi connectivity index (χ0v) is 13.7. The number of anilines is 1. The Kier molecular flexibility index (Phi) is 3.93. The van der Waals surface area contributed by atoms with Gasteiger partial charge in [0.25, 0.3) is 0 Å². The van der Waals surface area contributed by atoms with Gasteiger partial charge in [-0.1, -0.05) is 36.7 Å². The number of fused-ring (bicyclic) bond motifs is 1. The van der Waals surface area contributed by atoms with Gasteiger partial charge in [-0.05, 0) is 25.0 Å². The third-order valence-corrected chi connectivity index (χ3v) is 5.91. The summed E-state index contributed by atoms with van der Waals surface area (Å²) in [5.41, 5.74) is 0.433. The van der Waals surface area contributed by atoms with Gasteiger partial charge in [-0.2, -0.15) is 0 Å². The lowest BCUT2D eigenvalue weighted by Gasteiger charge is -2.39. The number of amides is 1. The lowest BCUT2D eigenvalue weighted by Crippen LogP contribution is -2.55. The summed E-state index contributed by atoms with van der Waals surface area (Å²) in [5, 5.41) is 4.00. The molecule has 1 aliphatic heterocycles. The Hall–Kier alpha value is -1.69. The lowest BCUT2D eigenvalue weighted by atomic mass is 9.93. The van der Waals surface area contributed by atoms with Crippen molar-refractivity contribution >= 4 is 32.6 Å². The Morgan fingerprint density at radius 3 is 2.78 bits per heavy atom. The Balaban J connectivity index is 1.36. The molecule has 0 spiro atoms. The van der Waals surface area contributed by atoms with Crippen molar-refractivity contribution in [3.8, 4) is 0 Å². The smallest absolute Gasteiger partial charge is 0.226 e. The first-order valence-corrected chi connectivity index (χ1v) is 9.13. The van der Waals surface area contributed by atoms with Gasteiger partial charge in [0.1, 0.15) is 11.3 Å². The fourth-order valence-electron chi connectivity index (χ4n) is 3.41. The van der Waals surface area contributed by atoms with E-state index in [9.17, 15) is 9.18 Å². The number of aromatic nitrogens is 1. The molecule has 122 valence electrons. The summed E-state index contributed by atoms with van der Waals surface area (Å²) in [5.74, 6) is -0.0775. The second kappa shape index (κ2) is 6.07. The van der Waals surface area contributed by atoms with E-state index in [1.165, 1.54) is 36.7 Å². The van der Waals surface area contributed by atoms with Gasteiger partial charge in [0.15, 0.2) is 5.13 Å². The van der Waals surface area contributed by atoms with E-state index >= 15 is 0 Å². The quantitative estimate of drug-likeness (QED) is 0.937. The maximum Gasteiger partial charge on any atom is 0.226 e. The standard InChI is InChI=1S/C17H20FN3OS/c18-13-7-4-8-14-15(13)20-17(23-14)21-9-11(10-21)16(22)19-12-5-2-1-3-6-12/h4,7-8,11-12H,1-3,5-6,9-10H2,(H,19,22). The predicted octanol–water partition coefficient (Wildman–Crippen LogP) is 3.32. The SMILES string of the molecule is O=C(NC1CCCCC1)C1CN(c2nc3c(F)cccc3s2)C1. The number of hydrogen-bond donors (Lipinski definition) is 1. The summed E-state index contributed by atoms with van der Waals surface area (Å²) in [6.07, 6.45) is 5.95. The molecule has 0 radical (unpaired) electrons. The van der Waals surface area contributed by atoms with Crippen LogP contribution in [0.5, 0.6) is 0 Å². The molecule has 1 aromatic heterocycles. The van der Waals surface area contributed by atoms with Crippen LogP contribution >= 0.6 is 11.3 Å². The van der Waals surface area contributed by atoms with Crippen LogP contribution in [0.25, 0.3) is 10.2 Å². The van der Waals surface area contributed by atoms with Crippen LogP contribution in [0, 0.1) is 11.7 Å². The molecule has 1 amide bonds. The molecule has 1 saturated carbocycles. The van der Waals surface area contributed by atoms with Crippen molar-refractivity contribution in [2.45, 2.75) is 38.1 Å². The van der Waals surface area contributed by atoms with E-state index in [0.717, 1.165) is 22.7 Å². The highest BCUT2D eigenvalue weighted by molar-refractivity contribution is 7.22. The van der Waals surface area contributed by atoms with Crippen LogP contribution < -0.4 is 10.2 Å². The molecule has 2 heterocycles. The molecule has 6 heteroatoms. The molecule has 0 unspecified atom stereocenters. The van der Waals surface area contributed by atoms with Gasteiger partial charge in [0.05, 0.1) is 10.6 Å². The molecule has 1 saturated heterocycles. The van der Waals surface area contributed by atoms with E-state index in [2.05, 4.69) is 15.2 Å². The zero-order chi connectivity index (χ0) is 15.8. The first-order valence-electron chi connectivity index (χ1n) is 8.31. The molecule has 23 heavy (non-hydrogen) atoms. The molecule has 4 rings (SSSR count). The van der Waals surface area contributed by atoms with Crippen molar-refractivity contribution < 1.29 is 9.18 Å². The Morgan fingerprint density at radius 1 is 1.26 bits per heavy atom. The molecule has 2 aromatic rings. The summed E-state index contributed by atoms with van der Waals surface area (Å²) in [7, 11) is 0. The second-order valence-electron chi connectivity index (χ2n) is 6.53. The highest BCUT2D eigenvalue weighted by Crippen LogP contribution is 2.34. The number of benzene rings is 1. The molecule has 1 N–H and O–H groups in total. The van der Waals surface area contributed by atoms with Crippen molar-refractivity contribution in [3.63, 3.8) is 0 Å². The van der Waals surface area contributed by atoms with Crippen LogP contribution in [0.3, 0.4) is 0 Å². The highest BCUT2D eigenvalue weighted by Gasteiger charge is 2.35. The first-order chi connectivity index (χ1) is 11.2. The Labute approximate surface area is 138 Å². The first kappa shape index (κ1) is 14.9. The minimum absolute atomic E-state index is 0.0359. The van der Waals surface area contributed by atoms with Crippen LogP contribution in [0.15, 0.2) is 18.2 Å². The normalized spacial score (nSPS) is 19.8. The fraction of sp³-hybridized carbons (Fsp3) is 0.529. The van der Waals surface area contributed by atoms with Gasteiger partial charge in [-0.3, -0.25) is 4.79 Å². The van der Waals surface area contributed by atoms with E-state index in [4.69, 9.17) is 0 Å². The van der Waals surface area contributed by atoms with Crippen molar-refractivity contribution in [2.75, 3.05) is 18.0 Å². The number of hydrogen-bond acceptors (Lipinski definition) is 4. The van der Waals surface area contributed by atoms with Crippen molar-refractivity contribution in [1.82, 2.24) is 10.3 Å². The topological polar surface area (TPSA) is 45.2 Å². The Morgan fingerprint density at radius 2 is 2.04 bits per heavy atom. The molecule has 0 bridgehead atoms. The third-order valence-electron chi connectivity index (χ3n) is 4.83. The second-order valence-corrected chi connectivity index (χ2v) is 7.54. The number of rotatable bonds is 3. The van der Waals surface area contributed by atoms with Gasteiger partial charge in [-0.15, -0.1) is 0 Å². The summed E-state index contributed by atoms with van der Waals surface area (Å²) >= 11 is 1.49. The highest BCUT2D eigenvalue weighted by atomic mass is 32.1. The maximum atomic E-state index is 13.7. The molecule has 2 fully saturated rings. The van der Waals surface area contributed by atoms with Crippen molar-refractivity contribution in [1.29, 1.82) is 0 Å². The molecular formula is C17H20FN3OS. The van der Waals surface area contributed by atoms with Crippen LogP contribution in [-0.4, -0.2) is 30.0 Å². The van der Waals surface area contributed by atoms with E-state index in [1.54, 1.807) is 6.07 Å². The van der Waals surface area contributed by atoms with Crippen LogP contribution in [0.1, 0.15) is 32.1 Å². The average Bonchev–Trinajstić information content (AvgIpc) is 2.92. The van der Waals surface area contributed by atoms with Crippen molar-refractivity contribution in [2.24, 2.45) is 5.92 Å². The number of thiazole rings is 1. The lowest BCUT2D eigenvalue weighted by molar-refractivity contribution is -0.126. The number of carbonyl (C=O) groups is 1. The maximum absolute atomic E-state index is 13.7. The van der Waals surface area contributed by atoms with Gasteiger partial charge >= 0.3 is 0 Å². The number of nitrogens with one attached hydrogen (secondary N) is 1.